The second-order valence-electron chi connectivity index (χ2n) is 6.03. The minimum absolute atomic E-state index is 0.231. The molecule has 1 unspecified atom stereocenters. The highest BCUT2D eigenvalue weighted by Crippen LogP contribution is 2.22. The Balaban J connectivity index is 2.19. The third-order valence-electron chi connectivity index (χ3n) is 4.18. The Hall–Kier alpha value is -3.45. The van der Waals surface area contributed by atoms with Crippen LogP contribution in [0.4, 0.5) is 11.4 Å². The fourth-order valence-electron chi connectivity index (χ4n) is 2.74. The Morgan fingerprint density at radius 2 is 1.85 bits per heavy atom. The van der Waals surface area contributed by atoms with Gasteiger partial charge in [-0.2, -0.15) is 0 Å². The summed E-state index contributed by atoms with van der Waals surface area (Å²) in [5, 5.41) is 20.9. The first-order chi connectivity index (χ1) is 12.9. The molecule has 0 saturated heterocycles. The fourth-order valence-corrected chi connectivity index (χ4v) is 2.74. The molecule has 0 aliphatic heterocycles. The third kappa shape index (κ3) is 4.59. The molecule has 0 aliphatic carbocycles. The van der Waals surface area contributed by atoms with E-state index in [1.54, 1.807) is 56.4 Å². The van der Waals surface area contributed by atoms with E-state index in [2.05, 4.69) is 10.6 Å². The smallest absolute Gasteiger partial charge is 0.246 e. The summed E-state index contributed by atoms with van der Waals surface area (Å²) >= 11 is 0. The Bertz CT molecular complexity index is 886. The molecule has 140 valence electrons. The summed E-state index contributed by atoms with van der Waals surface area (Å²) in [7, 11) is 1.70. The van der Waals surface area contributed by atoms with E-state index in [9.17, 15) is 4.79 Å². The van der Waals surface area contributed by atoms with Crippen molar-refractivity contribution in [2.75, 3.05) is 18.1 Å². The Kier molecular flexibility index (Phi) is 6.46. The van der Waals surface area contributed by atoms with Crippen molar-refractivity contribution in [3.63, 3.8) is 0 Å². The van der Waals surface area contributed by atoms with E-state index in [1.165, 1.54) is 12.4 Å². The lowest BCUT2D eigenvalue weighted by Gasteiger charge is -2.18. The third-order valence-corrected chi connectivity index (χ3v) is 4.18. The molecule has 2 aromatic carbocycles. The van der Waals surface area contributed by atoms with Gasteiger partial charge < -0.3 is 32.9 Å². The zero-order valence-corrected chi connectivity index (χ0v) is 15.3. The molecule has 0 aromatic heterocycles. The number of anilines is 2. The number of nitrogens with one attached hydrogen (secondary N) is 4. The molecule has 2 aromatic rings. The van der Waals surface area contributed by atoms with E-state index < -0.39 is 6.04 Å². The number of benzene rings is 2. The molecule has 27 heavy (non-hydrogen) atoms. The van der Waals surface area contributed by atoms with Crippen molar-refractivity contribution >= 4 is 34.8 Å². The normalized spacial score (nSPS) is 12.3. The number of allylic oxidation sites excluding steroid dienone is 1. The Labute approximate surface area is 158 Å². The molecule has 0 aliphatic rings. The van der Waals surface area contributed by atoms with E-state index in [0.29, 0.717) is 33.8 Å². The van der Waals surface area contributed by atoms with Crippen molar-refractivity contribution in [3.05, 3.63) is 65.4 Å². The van der Waals surface area contributed by atoms with E-state index in [-0.39, 0.29) is 5.91 Å². The molecule has 0 fully saturated rings. The van der Waals surface area contributed by atoms with Gasteiger partial charge in [0.05, 0.1) is 0 Å². The fraction of sp³-hybridized carbons (Fsp3) is 0.150. The van der Waals surface area contributed by atoms with Gasteiger partial charge in [0.2, 0.25) is 5.91 Å². The molecule has 8 N–H and O–H groups in total. The Morgan fingerprint density at radius 3 is 2.33 bits per heavy atom. The SMILES string of the molecule is CNC(C(=O)Nc1ccc(/C(C=N)=C/N)cc1)c1ccc(C(C)=N)c(N)c1. The van der Waals surface area contributed by atoms with Gasteiger partial charge in [-0.25, -0.2) is 0 Å². The number of nitrogen functional groups attached to an aromatic ring is 1. The zero-order chi connectivity index (χ0) is 20.0. The molecule has 0 bridgehead atoms. The maximum absolute atomic E-state index is 12.7. The van der Waals surface area contributed by atoms with Crippen LogP contribution in [-0.4, -0.2) is 24.9 Å². The number of nitrogens with two attached hydrogens (primary N) is 2. The summed E-state index contributed by atoms with van der Waals surface area (Å²) in [6.45, 7) is 1.67. The quantitative estimate of drug-likeness (QED) is 0.331. The van der Waals surface area contributed by atoms with Gasteiger partial charge in [-0.05, 0) is 43.3 Å². The second-order valence-corrected chi connectivity index (χ2v) is 6.03. The lowest BCUT2D eigenvalue weighted by Crippen LogP contribution is -2.30. The molecule has 7 nitrogen and oxygen atoms in total. The van der Waals surface area contributed by atoms with E-state index >= 15 is 0 Å². The number of carbonyl (C=O) groups is 1. The van der Waals surface area contributed by atoms with Crippen molar-refractivity contribution in [1.29, 1.82) is 10.8 Å². The van der Waals surface area contributed by atoms with Gasteiger partial charge in [0.25, 0.3) is 0 Å². The minimum atomic E-state index is -0.590. The zero-order valence-electron chi connectivity index (χ0n) is 15.3. The van der Waals surface area contributed by atoms with Gasteiger partial charge in [0.1, 0.15) is 6.04 Å². The van der Waals surface area contributed by atoms with Crippen LogP contribution in [0.5, 0.6) is 0 Å². The van der Waals surface area contributed by atoms with Gasteiger partial charge in [0, 0.05) is 40.6 Å². The molecule has 7 heteroatoms. The molecule has 0 heterocycles. The van der Waals surface area contributed by atoms with Gasteiger partial charge >= 0.3 is 0 Å². The first-order valence-electron chi connectivity index (χ1n) is 8.37. The average Bonchev–Trinajstić information content (AvgIpc) is 2.64. The van der Waals surface area contributed by atoms with Crippen LogP contribution < -0.4 is 22.1 Å². The lowest BCUT2D eigenvalue weighted by atomic mass is 10.0. The van der Waals surface area contributed by atoms with Crippen LogP contribution in [0.2, 0.25) is 0 Å². The molecule has 2 rings (SSSR count). The summed E-state index contributed by atoms with van der Waals surface area (Å²) in [5.41, 5.74) is 15.7. The van der Waals surface area contributed by atoms with Gasteiger partial charge in [-0.1, -0.05) is 24.3 Å². The van der Waals surface area contributed by atoms with E-state index in [4.69, 9.17) is 22.3 Å². The van der Waals surface area contributed by atoms with Gasteiger partial charge in [-0.15, -0.1) is 0 Å². The topological polar surface area (TPSA) is 141 Å². The second kappa shape index (κ2) is 8.77. The van der Waals surface area contributed by atoms with Gasteiger partial charge in [-0.3, -0.25) is 4.79 Å². The first kappa shape index (κ1) is 19.9. The van der Waals surface area contributed by atoms with Crippen LogP contribution >= 0.6 is 0 Å². The van der Waals surface area contributed by atoms with Crippen LogP contribution in [-0.2, 0) is 4.79 Å². The molecule has 0 saturated carbocycles. The van der Waals surface area contributed by atoms with Crippen LogP contribution in [0.15, 0.2) is 48.7 Å². The maximum atomic E-state index is 12.7. The van der Waals surface area contributed by atoms with Crippen LogP contribution in [0.25, 0.3) is 5.57 Å². The van der Waals surface area contributed by atoms with Crippen molar-refractivity contribution in [2.45, 2.75) is 13.0 Å². The number of rotatable bonds is 7. The molecule has 1 atom stereocenters. The highest BCUT2D eigenvalue weighted by atomic mass is 16.2. The number of hydrogen-bond acceptors (Lipinski definition) is 6. The molecule has 0 spiro atoms. The van der Waals surface area contributed by atoms with Crippen LogP contribution in [0.3, 0.4) is 0 Å². The molecule has 0 radical (unpaired) electrons. The predicted octanol–water partition coefficient (Wildman–Crippen LogP) is 2.50. The summed E-state index contributed by atoms with van der Waals surface area (Å²) in [5.74, 6) is -0.231. The molecular formula is C20H24N6O. The number of carbonyl (C=O) groups excluding carboxylic acids is 1. The minimum Gasteiger partial charge on any atom is -0.404 e. The highest BCUT2D eigenvalue weighted by Gasteiger charge is 2.20. The number of amides is 1. The van der Waals surface area contributed by atoms with Crippen molar-refractivity contribution < 1.29 is 4.79 Å². The summed E-state index contributed by atoms with van der Waals surface area (Å²) in [4.78, 5) is 12.7. The predicted molar refractivity (Wildman–Crippen MR) is 111 cm³/mol. The van der Waals surface area contributed by atoms with Crippen molar-refractivity contribution in [1.82, 2.24) is 5.32 Å². The average molecular weight is 364 g/mol. The van der Waals surface area contributed by atoms with E-state index in [0.717, 1.165) is 5.56 Å². The van der Waals surface area contributed by atoms with Crippen molar-refractivity contribution in [3.8, 4) is 0 Å². The maximum Gasteiger partial charge on any atom is 0.246 e. The van der Waals surface area contributed by atoms with Gasteiger partial charge in [0.15, 0.2) is 0 Å². The summed E-state index contributed by atoms with van der Waals surface area (Å²) < 4.78 is 0. The van der Waals surface area contributed by atoms with Crippen molar-refractivity contribution in [2.24, 2.45) is 5.73 Å². The van der Waals surface area contributed by atoms with E-state index in [1.807, 2.05) is 0 Å². The molecular weight excluding hydrogens is 340 g/mol. The van der Waals surface area contributed by atoms with Crippen LogP contribution in [0.1, 0.15) is 29.7 Å². The summed E-state index contributed by atoms with van der Waals surface area (Å²) in [6, 6.07) is 11.7. The number of likely N-dealkylation sites (N-methyl/N-ethyl adjacent to an activating group) is 1. The lowest BCUT2D eigenvalue weighted by molar-refractivity contribution is -0.118. The largest absolute Gasteiger partial charge is 0.404 e. The first-order valence-corrected chi connectivity index (χ1v) is 8.37. The number of hydrogen-bond donors (Lipinski definition) is 6. The highest BCUT2D eigenvalue weighted by molar-refractivity contribution is 6.08. The van der Waals surface area contributed by atoms with Crippen LogP contribution in [0, 0.1) is 10.8 Å². The monoisotopic (exact) mass is 364 g/mol. The Morgan fingerprint density at radius 1 is 1.19 bits per heavy atom. The summed E-state index contributed by atoms with van der Waals surface area (Å²) in [6.07, 6.45) is 2.54. The molecule has 1 amide bonds. The standard InChI is InChI=1S/C20H24N6O/c1-12(23)17-8-5-14(9-18(17)24)19(25-2)20(27)26-16-6-3-13(4-7-16)15(10-21)11-22/h3-11,19,21,23,25H,22,24H2,1-2H3,(H,26,27)/b15-11+,21-10?,23-12?.